The summed E-state index contributed by atoms with van der Waals surface area (Å²) in [4.78, 5) is 81.7. The predicted molar refractivity (Wildman–Crippen MR) is 175 cm³/mol. The van der Waals surface area contributed by atoms with Gasteiger partial charge in [-0.05, 0) is 44.2 Å². The number of benzene rings is 1. The number of rotatable bonds is 19. The van der Waals surface area contributed by atoms with Crippen LogP contribution in [-0.4, -0.2) is 59.9 Å². The number of carbonyl (C=O) groups excluding carboxylic acids is 5. The smallest absolute Gasteiger partial charge is 0.347 e. The van der Waals surface area contributed by atoms with Gasteiger partial charge in [0.05, 0.1) is 18.5 Å². The number of guanidine groups is 1. The number of fused-ring (bicyclic) bond motifs is 1. The van der Waals surface area contributed by atoms with Crippen LogP contribution in [0.1, 0.15) is 98.4 Å². The molecule has 1 unspecified atom stereocenters. The second kappa shape index (κ2) is 17.6. The van der Waals surface area contributed by atoms with E-state index in [2.05, 4.69) is 15.6 Å². The van der Waals surface area contributed by atoms with Crippen LogP contribution in [0.15, 0.2) is 26.3 Å². The summed E-state index contributed by atoms with van der Waals surface area (Å²) in [6.45, 7) is 5.02. The van der Waals surface area contributed by atoms with Gasteiger partial charge in [-0.15, -0.1) is 0 Å². The van der Waals surface area contributed by atoms with Gasteiger partial charge in [0.25, 0.3) is 0 Å². The van der Waals surface area contributed by atoms with Crippen LogP contribution in [0.4, 0.5) is 5.69 Å². The first kappa shape index (κ1) is 37.4. The number of carbonyl (C=O) groups is 5. The summed E-state index contributed by atoms with van der Waals surface area (Å²) in [5, 5.41) is 5.11. The van der Waals surface area contributed by atoms with E-state index >= 15 is 0 Å². The van der Waals surface area contributed by atoms with Gasteiger partial charge < -0.3 is 43.7 Å². The van der Waals surface area contributed by atoms with Crippen LogP contribution in [0, 0.1) is 0 Å². The highest BCUT2D eigenvalue weighted by Gasteiger charge is 2.31. The number of Topliss-reactive ketones (excluding diaryl/α,β-unsaturated/α-hetero) is 2. The summed E-state index contributed by atoms with van der Waals surface area (Å²) in [5.41, 5.74) is 26.8. The Labute approximate surface area is 267 Å². The van der Waals surface area contributed by atoms with E-state index in [0.29, 0.717) is 25.7 Å². The number of ketones is 2. The molecule has 12 N–H and O–H groups in total. The minimum Gasteiger partial charge on any atom is -0.422 e. The van der Waals surface area contributed by atoms with Crippen LogP contribution in [0.5, 0.6) is 0 Å². The number of nitrogens with two attached hydrogens (primary N) is 5. The Kier molecular flexibility index (Phi) is 14.3. The average molecular weight is 643 g/mol. The number of nitrogen functional groups attached to an aromatic ring is 1. The zero-order valence-electron chi connectivity index (χ0n) is 26.6. The van der Waals surface area contributed by atoms with Crippen molar-refractivity contribution in [1.29, 1.82) is 0 Å². The van der Waals surface area contributed by atoms with E-state index in [1.807, 2.05) is 6.92 Å². The van der Waals surface area contributed by atoms with Crippen LogP contribution in [-0.2, 0) is 20.8 Å². The first-order chi connectivity index (χ1) is 21.7. The number of primary amides is 1. The van der Waals surface area contributed by atoms with E-state index in [1.54, 1.807) is 0 Å². The lowest BCUT2D eigenvalue weighted by Gasteiger charge is -2.22. The van der Waals surface area contributed by atoms with Crippen molar-refractivity contribution in [3.05, 3.63) is 39.2 Å². The summed E-state index contributed by atoms with van der Waals surface area (Å²) >= 11 is 0. The second-order valence-corrected chi connectivity index (χ2v) is 11.3. The van der Waals surface area contributed by atoms with Crippen LogP contribution < -0.4 is 44.9 Å². The largest absolute Gasteiger partial charge is 0.422 e. The number of nitrogens with zero attached hydrogens (tertiary/aromatic N) is 1. The number of nitrogens with one attached hydrogen (secondary N) is 2. The molecule has 0 bridgehead atoms. The third kappa shape index (κ3) is 10.7. The second-order valence-electron chi connectivity index (χ2n) is 11.3. The van der Waals surface area contributed by atoms with Crippen LogP contribution >= 0.6 is 0 Å². The summed E-state index contributed by atoms with van der Waals surface area (Å²) in [6, 6.07) is -0.605. The molecule has 1 aromatic heterocycles. The maximum absolute atomic E-state index is 14.2. The minimum absolute atomic E-state index is 0.0196. The molecule has 46 heavy (non-hydrogen) atoms. The molecule has 15 heteroatoms. The van der Waals surface area contributed by atoms with E-state index < -0.39 is 65.0 Å². The zero-order chi connectivity index (χ0) is 34.6. The lowest BCUT2D eigenvalue weighted by molar-refractivity contribution is -0.127. The Hall–Kier alpha value is -4.79. The minimum atomic E-state index is -1.17. The Morgan fingerprint density at radius 2 is 1.61 bits per heavy atom. The summed E-state index contributed by atoms with van der Waals surface area (Å²) in [5.74, 6) is -3.44. The molecule has 3 amide bonds. The van der Waals surface area contributed by atoms with Gasteiger partial charge in [-0.3, -0.25) is 29.0 Å². The Bertz CT molecular complexity index is 1530. The van der Waals surface area contributed by atoms with Gasteiger partial charge in [-0.2, -0.15) is 0 Å². The van der Waals surface area contributed by atoms with Gasteiger partial charge >= 0.3 is 5.63 Å². The van der Waals surface area contributed by atoms with Crippen molar-refractivity contribution in [3.8, 4) is 0 Å². The lowest BCUT2D eigenvalue weighted by atomic mass is 9.88. The Morgan fingerprint density at radius 1 is 0.935 bits per heavy atom. The van der Waals surface area contributed by atoms with Crippen molar-refractivity contribution in [2.24, 2.45) is 27.9 Å². The highest BCUT2D eigenvalue weighted by Crippen LogP contribution is 2.30. The Morgan fingerprint density at radius 3 is 2.22 bits per heavy atom. The van der Waals surface area contributed by atoms with Gasteiger partial charge in [0.1, 0.15) is 17.2 Å². The maximum Gasteiger partial charge on any atom is 0.347 e. The highest BCUT2D eigenvalue weighted by molar-refractivity contribution is 6.15. The van der Waals surface area contributed by atoms with Crippen LogP contribution in [0.3, 0.4) is 0 Å². The van der Waals surface area contributed by atoms with Gasteiger partial charge in [-0.1, -0.05) is 32.6 Å². The van der Waals surface area contributed by atoms with Crippen LogP contribution in [0.25, 0.3) is 11.0 Å². The molecule has 0 aliphatic rings. The SMILES string of the molecule is CCCCCCC(N)C(=O)c1c(CC(N)=O)c2c(C(=O)[C@H](CCCCN=C(N)N)NC(=O)[C@H](C)NC(C)=O)cc(N)cc2oc1=O. The van der Waals surface area contributed by atoms with Gasteiger partial charge in [0.2, 0.25) is 17.7 Å². The van der Waals surface area contributed by atoms with Gasteiger partial charge in [0.15, 0.2) is 17.5 Å². The van der Waals surface area contributed by atoms with Crippen molar-refractivity contribution in [2.75, 3.05) is 12.3 Å². The molecule has 0 aliphatic heterocycles. The average Bonchev–Trinajstić information content (AvgIpc) is 2.96. The normalized spacial score (nSPS) is 13.0. The fourth-order valence-electron chi connectivity index (χ4n) is 5.12. The van der Waals surface area contributed by atoms with Gasteiger partial charge in [-0.25, -0.2) is 4.79 Å². The molecule has 0 fully saturated rings. The van der Waals surface area contributed by atoms with E-state index in [9.17, 15) is 28.8 Å². The monoisotopic (exact) mass is 642 g/mol. The molecule has 3 atom stereocenters. The predicted octanol–water partition coefficient (Wildman–Crippen LogP) is 0.519. The number of anilines is 1. The molecule has 0 aliphatic carbocycles. The van der Waals surface area contributed by atoms with Gasteiger partial charge in [0, 0.05) is 36.2 Å². The van der Waals surface area contributed by atoms with E-state index in [1.165, 1.54) is 26.0 Å². The molecule has 2 aromatic rings. The first-order valence-corrected chi connectivity index (χ1v) is 15.3. The molecule has 15 nitrogen and oxygen atoms in total. The maximum atomic E-state index is 14.2. The summed E-state index contributed by atoms with van der Waals surface area (Å²) in [6.07, 6.45) is 4.10. The third-order valence-electron chi connectivity index (χ3n) is 7.34. The van der Waals surface area contributed by atoms with Crippen molar-refractivity contribution in [1.82, 2.24) is 10.6 Å². The van der Waals surface area contributed by atoms with Crippen molar-refractivity contribution >= 4 is 51.9 Å². The number of amides is 3. The van der Waals surface area contributed by atoms with Crippen molar-refractivity contribution < 1.29 is 28.4 Å². The molecule has 1 heterocycles. The zero-order valence-corrected chi connectivity index (χ0v) is 26.6. The molecular formula is C31H46N8O7. The fraction of sp³-hybridized carbons (Fsp3) is 0.516. The molecule has 0 spiro atoms. The molecule has 252 valence electrons. The van der Waals surface area contributed by atoms with E-state index in [0.717, 1.165) is 19.3 Å². The molecule has 2 rings (SSSR count). The summed E-state index contributed by atoms with van der Waals surface area (Å²) in [7, 11) is 0. The molecule has 1 aromatic carbocycles. The fourth-order valence-corrected chi connectivity index (χ4v) is 5.12. The van der Waals surface area contributed by atoms with Crippen LogP contribution in [0.2, 0.25) is 0 Å². The lowest BCUT2D eigenvalue weighted by Crippen LogP contribution is -2.50. The third-order valence-corrected chi connectivity index (χ3v) is 7.34. The summed E-state index contributed by atoms with van der Waals surface area (Å²) < 4.78 is 5.49. The standard InChI is InChI=1S/C31H46N8O7/c1-4-5-6-7-10-21(33)28(43)26-19(15-24(34)41)25-20(13-18(32)14-23(25)46-30(26)45)27(42)22(11-8-9-12-37-31(35)36)39-29(44)16(2)38-17(3)40/h13-14,16,21-22H,4-12,15,32-33H2,1-3H3,(H2,34,41)(H,38,40)(H,39,44)(H4,35,36,37)/t16-,21?,22-/m0/s1. The Balaban J connectivity index is 2.69. The number of aliphatic imine (C=N–C) groups is 1. The first-order valence-electron chi connectivity index (χ1n) is 15.3. The quantitative estimate of drug-likeness (QED) is 0.0277. The number of unbranched alkanes of at least 4 members (excludes halogenated alkanes) is 4. The van der Waals surface area contributed by atoms with E-state index in [4.69, 9.17) is 33.1 Å². The highest BCUT2D eigenvalue weighted by atomic mass is 16.4. The van der Waals surface area contributed by atoms with Crippen molar-refractivity contribution in [3.63, 3.8) is 0 Å². The van der Waals surface area contributed by atoms with E-state index in [-0.39, 0.29) is 46.7 Å². The molecular weight excluding hydrogens is 596 g/mol. The molecule has 0 radical (unpaired) electrons. The molecule has 0 saturated carbocycles. The molecule has 0 saturated heterocycles. The number of hydrogen-bond acceptors (Lipinski definition) is 10. The topological polar surface area (TPSA) is 282 Å². The number of hydrogen-bond donors (Lipinski definition) is 7. The van der Waals surface area contributed by atoms with Crippen molar-refractivity contribution in [2.45, 2.75) is 96.7 Å².